The predicted molar refractivity (Wildman–Crippen MR) is 66.4 cm³/mol. The van der Waals surface area contributed by atoms with Gasteiger partial charge in [0.2, 0.25) is 0 Å². The van der Waals surface area contributed by atoms with Gasteiger partial charge in [-0.15, -0.1) is 0 Å². The van der Waals surface area contributed by atoms with Crippen LogP contribution in [0.2, 0.25) is 0 Å². The molecule has 0 aromatic heterocycles. The number of benzene rings is 2. The number of carbonyl (C=O) groups is 1. The van der Waals surface area contributed by atoms with E-state index >= 15 is 0 Å². The van der Waals surface area contributed by atoms with Crippen molar-refractivity contribution in [1.82, 2.24) is 0 Å². The normalized spacial score (nSPS) is 10.8. The van der Waals surface area contributed by atoms with E-state index in [1.54, 1.807) is 0 Å². The van der Waals surface area contributed by atoms with E-state index in [4.69, 9.17) is 4.79 Å². The van der Waals surface area contributed by atoms with Crippen molar-refractivity contribution in [3.8, 4) is 11.1 Å². The fourth-order valence-corrected chi connectivity index (χ4v) is 2.08. The van der Waals surface area contributed by atoms with Gasteiger partial charge in [0, 0.05) is 0 Å². The summed E-state index contributed by atoms with van der Waals surface area (Å²) < 4.78 is 0. The SMILES string of the molecule is CC=O.c1ccc2c(c1)Cc1ccccc1-2. The first-order valence-electron chi connectivity index (χ1n) is 5.42. The van der Waals surface area contributed by atoms with Gasteiger partial charge in [0.05, 0.1) is 0 Å². The van der Waals surface area contributed by atoms with Crippen molar-refractivity contribution in [1.29, 1.82) is 0 Å². The number of carbonyl (C=O) groups excluding carboxylic acids is 1. The molecule has 1 nitrogen and oxygen atoms in total. The van der Waals surface area contributed by atoms with Gasteiger partial charge in [0.15, 0.2) is 0 Å². The van der Waals surface area contributed by atoms with E-state index in [0.717, 1.165) is 12.7 Å². The molecule has 0 aliphatic heterocycles. The maximum absolute atomic E-state index is 8.81. The first kappa shape index (κ1) is 10.6. The highest BCUT2D eigenvalue weighted by molar-refractivity contribution is 5.76. The summed E-state index contributed by atoms with van der Waals surface area (Å²) >= 11 is 0. The van der Waals surface area contributed by atoms with Crippen molar-refractivity contribution in [3.63, 3.8) is 0 Å². The van der Waals surface area contributed by atoms with E-state index < -0.39 is 0 Å². The zero-order valence-electron chi connectivity index (χ0n) is 9.31. The highest BCUT2D eigenvalue weighted by Gasteiger charge is 2.15. The molecule has 0 unspecified atom stereocenters. The van der Waals surface area contributed by atoms with Crippen LogP contribution in [0.4, 0.5) is 0 Å². The van der Waals surface area contributed by atoms with E-state index in [9.17, 15) is 0 Å². The largest absolute Gasteiger partial charge is 0.304 e. The number of fused-ring (bicyclic) bond motifs is 3. The second kappa shape index (κ2) is 4.75. The Morgan fingerprint density at radius 1 is 0.875 bits per heavy atom. The highest BCUT2D eigenvalue weighted by atomic mass is 16.1. The lowest BCUT2D eigenvalue weighted by molar-refractivity contribution is -0.106. The molecule has 1 aliphatic rings. The zero-order valence-corrected chi connectivity index (χ0v) is 9.31. The molecule has 0 radical (unpaired) electrons. The molecule has 16 heavy (non-hydrogen) atoms. The summed E-state index contributed by atoms with van der Waals surface area (Å²) in [6.45, 7) is 1.44. The van der Waals surface area contributed by atoms with Gasteiger partial charge in [-0.1, -0.05) is 48.5 Å². The van der Waals surface area contributed by atoms with Crippen LogP contribution >= 0.6 is 0 Å². The first-order chi connectivity index (χ1) is 7.86. The maximum Gasteiger partial charge on any atom is 0.116 e. The molecule has 80 valence electrons. The van der Waals surface area contributed by atoms with Gasteiger partial charge in [0.1, 0.15) is 6.29 Å². The zero-order chi connectivity index (χ0) is 11.4. The third-order valence-corrected chi connectivity index (χ3v) is 2.71. The second-order valence-corrected chi connectivity index (χ2v) is 3.73. The van der Waals surface area contributed by atoms with Gasteiger partial charge in [0.25, 0.3) is 0 Å². The molecule has 0 bridgehead atoms. The van der Waals surface area contributed by atoms with E-state index in [-0.39, 0.29) is 0 Å². The summed E-state index contributed by atoms with van der Waals surface area (Å²) in [4.78, 5) is 8.81. The number of rotatable bonds is 0. The monoisotopic (exact) mass is 210 g/mol. The third-order valence-electron chi connectivity index (χ3n) is 2.71. The Balaban J connectivity index is 0.000000292. The van der Waals surface area contributed by atoms with Crippen LogP contribution in [0, 0.1) is 0 Å². The van der Waals surface area contributed by atoms with Crippen molar-refractivity contribution in [3.05, 3.63) is 59.7 Å². The minimum atomic E-state index is 0.750. The quantitative estimate of drug-likeness (QED) is 0.519. The average molecular weight is 210 g/mol. The molecule has 2 aromatic rings. The summed E-state index contributed by atoms with van der Waals surface area (Å²) in [5, 5.41) is 0. The molecule has 2 aromatic carbocycles. The van der Waals surface area contributed by atoms with Crippen LogP contribution in [0.25, 0.3) is 11.1 Å². The Bertz CT molecular complexity index is 457. The van der Waals surface area contributed by atoms with Crippen molar-refractivity contribution < 1.29 is 4.79 Å². The van der Waals surface area contributed by atoms with Gasteiger partial charge in [-0.3, -0.25) is 0 Å². The molecule has 0 fully saturated rings. The van der Waals surface area contributed by atoms with Crippen molar-refractivity contribution in [2.24, 2.45) is 0 Å². The maximum atomic E-state index is 8.81. The number of hydrogen-bond donors (Lipinski definition) is 0. The number of aldehydes is 1. The first-order valence-corrected chi connectivity index (χ1v) is 5.42. The summed E-state index contributed by atoms with van der Waals surface area (Å²) in [6.07, 6.45) is 1.85. The average Bonchev–Trinajstić information content (AvgIpc) is 2.68. The standard InChI is InChI=1S/C13H10.C2H4O/c1-3-7-12-10(5-1)9-11-6-2-4-8-13(11)12;1-2-3/h1-8H,9H2;2H,1H3. The second-order valence-electron chi connectivity index (χ2n) is 3.73. The van der Waals surface area contributed by atoms with Gasteiger partial charge in [-0.05, 0) is 35.6 Å². The van der Waals surface area contributed by atoms with E-state index in [2.05, 4.69) is 48.5 Å². The topological polar surface area (TPSA) is 17.1 Å². The van der Waals surface area contributed by atoms with Crippen molar-refractivity contribution in [2.75, 3.05) is 0 Å². The Morgan fingerprint density at radius 2 is 1.25 bits per heavy atom. The van der Waals surface area contributed by atoms with Crippen LogP contribution in [0.5, 0.6) is 0 Å². The molecule has 0 heterocycles. The van der Waals surface area contributed by atoms with Crippen LogP contribution in [0.3, 0.4) is 0 Å². The Kier molecular flexibility index (Phi) is 3.16. The third kappa shape index (κ3) is 1.89. The molecule has 0 atom stereocenters. The molecule has 0 saturated carbocycles. The minimum absolute atomic E-state index is 0.750. The van der Waals surface area contributed by atoms with E-state index in [0.29, 0.717) is 0 Å². The minimum Gasteiger partial charge on any atom is -0.304 e. The highest BCUT2D eigenvalue weighted by Crippen LogP contribution is 2.35. The molecule has 3 rings (SSSR count). The van der Waals surface area contributed by atoms with E-state index in [1.807, 2.05) is 0 Å². The van der Waals surface area contributed by atoms with Crippen LogP contribution in [0.15, 0.2) is 48.5 Å². The summed E-state index contributed by atoms with van der Waals surface area (Å²) in [7, 11) is 0. The van der Waals surface area contributed by atoms with Crippen molar-refractivity contribution in [2.45, 2.75) is 13.3 Å². The van der Waals surface area contributed by atoms with Gasteiger partial charge in [-0.25, -0.2) is 0 Å². The predicted octanol–water partition coefficient (Wildman–Crippen LogP) is 3.46. The molecule has 0 amide bonds. The lowest BCUT2D eigenvalue weighted by Crippen LogP contribution is -1.77. The Morgan fingerprint density at radius 3 is 1.69 bits per heavy atom. The smallest absolute Gasteiger partial charge is 0.116 e. The van der Waals surface area contributed by atoms with E-state index in [1.165, 1.54) is 29.2 Å². The molecule has 1 aliphatic carbocycles. The Hall–Kier alpha value is -1.89. The van der Waals surface area contributed by atoms with Gasteiger partial charge >= 0.3 is 0 Å². The van der Waals surface area contributed by atoms with Crippen LogP contribution in [-0.4, -0.2) is 6.29 Å². The lowest BCUT2D eigenvalue weighted by atomic mass is 10.1. The number of hydrogen-bond acceptors (Lipinski definition) is 1. The summed E-state index contributed by atoms with van der Waals surface area (Å²) in [5.74, 6) is 0. The molecule has 0 N–H and O–H groups in total. The molecule has 0 spiro atoms. The molecular formula is C15H14O. The summed E-state index contributed by atoms with van der Waals surface area (Å²) in [5.41, 5.74) is 5.75. The van der Waals surface area contributed by atoms with Gasteiger partial charge < -0.3 is 4.79 Å². The van der Waals surface area contributed by atoms with Gasteiger partial charge in [-0.2, -0.15) is 0 Å². The fourth-order valence-electron chi connectivity index (χ4n) is 2.08. The Labute approximate surface area is 95.7 Å². The molecule has 1 heteroatoms. The fraction of sp³-hybridized carbons (Fsp3) is 0.133. The summed E-state index contributed by atoms with van der Waals surface area (Å²) in [6, 6.07) is 17.3. The van der Waals surface area contributed by atoms with Crippen molar-refractivity contribution >= 4 is 6.29 Å². The molecule has 0 saturated heterocycles. The lowest BCUT2D eigenvalue weighted by Gasteiger charge is -1.98. The molecular weight excluding hydrogens is 196 g/mol. The van der Waals surface area contributed by atoms with Crippen LogP contribution in [-0.2, 0) is 11.2 Å². The van der Waals surface area contributed by atoms with Crippen LogP contribution < -0.4 is 0 Å². The van der Waals surface area contributed by atoms with Crippen LogP contribution in [0.1, 0.15) is 18.1 Å².